The summed E-state index contributed by atoms with van der Waals surface area (Å²) >= 11 is 9.62. The van der Waals surface area contributed by atoms with Gasteiger partial charge in [-0.2, -0.15) is 11.8 Å². The fourth-order valence-corrected chi connectivity index (χ4v) is 4.36. The van der Waals surface area contributed by atoms with Crippen molar-refractivity contribution in [2.24, 2.45) is 5.92 Å². The summed E-state index contributed by atoms with van der Waals surface area (Å²) in [5.74, 6) is 0.323. The van der Waals surface area contributed by atoms with Crippen LogP contribution < -0.4 is 0 Å². The first kappa shape index (κ1) is 13.7. The molecule has 0 saturated heterocycles. The molecule has 1 aromatic heterocycles. The summed E-state index contributed by atoms with van der Waals surface area (Å²) in [7, 11) is 0. The summed E-state index contributed by atoms with van der Waals surface area (Å²) in [6.45, 7) is 1.72. The number of thiophene rings is 1. The van der Waals surface area contributed by atoms with Gasteiger partial charge in [-0.25, -0.2) is 0 Å². The van der Waals surface area contributed by atoms with E-state index in [0.29, 0.717) is 5.75 Å². The average molecular weight is 301 g/mol. The summed E-state index contributed by atoms with van der Waals surface area (Å²) in [5.41, 5.74) is 0. The maximum Gasteiger partial charge on any atom is 0.307 e. The van der Waals surface area contributed by atoms with Crippen LogP contribution in [0.15, 0.2) is 24.3 Å². The van der Waals surface area contributed by atoms with Gasteiger partial charge in [-0.05, 0) is 6.07 Å². The van der Waals surface area contributed by atoms with Crippen molar-refractivity contribution in [3.05, 3.63) is 34.2 Å². The van der Waals surface area contributed by atoms with E-state index in [1.807, 2.05) is 18.2 Å². The van der Waals surface area contributed by atoms with E-state index < -0.39 is 5.97 Å². The lowest BCUT2D eigenvalue weighted by atomic mass is 10.2. The number of carboxylic acids is 1. The Morgan fingerprint density at radius 1 is 1.50 bits per heavy atom. The number of carboxylic acid groups (broad SMARTS) is 1. The highest BCUT2D eigenvalue weighted by Gasteiger charge is 2.13. The number of carbonyl (C=O) groups is 1. The minimum Gasteiger partial charge on any atom is -0.481 e. The van der Waals surface area contributed by atoms with Gasteiger partial charge >= 0.3 is 5.97 Å². The molecule has 2 rings (SSSR count). The van der Waals surface area contributed by atoms with E-state index in [4.69, 9.17) is 16.7 Å². The van der Waals surface area contributed by atoms with Crippen LogP contribution in [0.1, 0.15) is 11.8 Å². The highest BCUT2D eigenvalue weighted by Crippen LogP contribution is 2.37. The Morgan fingerprint density at radius 3 is 2.89 bits per heavy atom. The van der Waals surface area contributed by atoms with Gasteiger partial charge in [0.2, 0.25) is 0 Å². The van der Waals surface area contributed by atoms with Crippen molar-refractivity contribution in [2.45, 2.75) is 12.7 Å². The van der Waals surface area contributed by atoms with Crippen molar-refractivity contribution in [3.63, 3.8) is 0 Å². The predicted octanol–water partition coefficient (Wildman–Crippen LogP) is 4.51. The number of benzene rings is 1. The lowest BCUT2D eigenvalue weighted by Gasteiger charge is -2.04. The van der Waals surface area contributed by atoms with Crippen molar-refractivity contribution in [2.75, 3.05) is 5.75 Å². The molecule has 2 nitrogen and oxygen atoms in total. The second kappa shape index (κ2) is 5.95. The molecule has 1 unspecified atom stereocenters. The van der Waals surface area contributed by atoms with E-state index in [0.717, 1.165) is 21.0 Å². The smallest absolute Gasteiger partial charge is 0.307 e. The molecule has 0 saturated carbocycles. The first-order valence-corrected chi connectivity index (χ1v) is 7.91. The second-order valence-electron chi connectivity index (χ2n) is 4.09. The number of halogens is 1. The van der Waals surface area contributed by atoms with Gasteiger partial charge in [0.25, 0.3) is 0 Å². The van der Waals surface area contributed by atoms with Gasteiger partial charge in [0.1, 0.15) is 0 Å². The molecule has 0 spiro atoms. The van der Waals surface area contributed by atoms with Crippen LogP contribution >= 0.6 is 34.7 Å². The van der Waals surface area contributed by atoms with E-state index in [1.165, 1.54) is 4.70 Å². The van der Waals surface area contributed by atoms with Crippen LogP contribution in [-0.2, 0) is 10.5 Å². The lowest BCUT2D eigenvalue weighted by Crippen LogP contribution is -2.11. The van der Waals surface area contributed by atoms with Gasteiger partial charge in [0.05, 0.1) is 10.9 Å². The highest BCUT2D eigenvalue weighted by molar-refractivity contribution is 7.98. The summed E-state index contributed by atoms with van der Waals surface area (Å²) in [4.78, 5) is 11.8. The third kappa shape index (κ3) is 2.99. The second-order valence-corrected chi connectivity index (χ2v) is 6.63. The van der Waals surface area contributed by atoms with Crippen LogP contribution in [0.3, 0.4) is 0 Å². The monoisotopic (exact) mass is 300 g/mol. The number of hydrogen-bond acceptors (Lipinski definition) is 3. The van der Waals surface area contributed by atoms with Gasteiger partial charge in [0.15, 0.2) is 0 Å². The molecule has 2 aromatic rings. The summed E-state index contributed by atoms with van der Waals surface area (Å²) < 4.78 is 1.18. The zero-order chi connectivity index (χ0) is 13.1. The third-order valence-corrected chi connectivity index (χ3v) is 5.75. The Labute approximate surface area is 119 Å². The average Bonchev–Trinajstić information content (AvgIpc) is 2.67. The summed E-state index contributed by atoms with van der Waals surface area (Å²) in [6, 6.07) is 8.05. The molecule has 1 N–H and O–H groups in total. The van der Waals surface area contributed by atoms with Gasteiger partial charge in [-0.15, -0.1) is 11.3 Å². The normalized spacial score (nSPS) is 12.8. The molecule has 1 atom stereocenters. The molecule has 0 aliphatic heterocycles. The van der Waals surface area contributed by atoms with Crippen LogP contribution in [0.2, 0.25) is 5.02 Å². The van der Waals surface area contributed by atoms with E-state index in [-0.39, 0.29) is 5.92 Å². The summed E-state index contributed by atoms with van der Waals surface area (Å²) in [5, 5.41) is 10.7. The quantitative estimate of drug-likeness (QED) is 0.883. The van der Waals surface area contributed by atoms with Crippen LogP contribution in [0, 0.1) is 5.92 Å². The Balaban J connectivity index is 2.04. The summed E-state index contributed by atoms with van der Waals surface area (Å²) in [6.07, 6.45) is 0. The van der Waals surface area contributed by atoms with Gasteiger partial charge in [0, 0.05) is 26.5 Å². The fourth-order valence-electron chi connectivity index (χ4n) is 1.56. The molecule has 0 amide bonds. The maximum atomic E-state index is 10.7. The van der Waals surface area contributed by atoms with Crippen LogP contribution in [0.4, 0.5) is 0 Å². The largest absolute Gasteiger partial charge is 0.481 e. The van der Waals surface area contributed by atoms with Crippen molar-refractivity contribution < 1.29 is 9.90 Å². The molecule has 0 radical (unpaired) electrons. The first-order chi connectivity index (χ1) is 8.59. The topological polar surface area (TPSA) is 37.3 Å². The molecule has 0 aliphatic rings. The standard InChI is InChI=1S/C13H13ClO2S2/c1-8(13(15)16)6-17-7-11-12(14)9-4-2-3-5-10(9)18-11/h2-5,8H,6-7H2,1H3,(H,15,16). The Hall–Kier alpha value is -0.710. The number of fused-ring (bicyclic) bond motifs is 1. The van der Waals surface area contributed by atoms with E-state index in [1.54, 1.807) is 30.0 Å². The predicted molar refractivity (Wildman–Crippen MR) is 79.8 cm³/mol. The Kier molecular flexibility index (Phi) is 4.54. The minimum absolute atomic E-state index is 0.317. The molecular formula is C13H13ClO2S2. The van der Waals surface area contributed by atoms with E-state index in [2.05, 4.69) is 6.07 Å². The molecule has 1 aromatic carbocycles. The molecular weight excluding hydrogens is 288 g/mol. The zero-order valence-electron chi connectivity index (χ0n) is 9.85. The third-order valence-electron chi connectivity index (χ3n) is 2.62. The zero-order valence-corrected chi connectivity index (χ0v) is 12.2. The van der Waals surface area contributed by atoms with Crippen LogP contribution in [0.5, 0.6) is 0 Å². The van der Waals surface area contributed by atoms with Gasteiger partial charge < -0.3 is 5.11 Å². The van der Waals surface area contributed by atoms with Crippen LogP contribution in [-0.4, -0.2) is 16.8 Å². The number of hydrogen-bond donors (Lipinski definition) is 1. The van der Waals surface area contributed by atoms with Crippen LogP contribution in [0.25, 0.3) is 10.1 Å². The molecule has 0 bridgehead atoms. The first-order valence-electron chi connectivity index (χ1n) is 5.56. The van der Waals surface area contributed by atoms with Gasteiger partial charge in [-0.1, -0.05) is 36.7 Å². The number of aliphatic carboxylic acids is 1. The Morgan fingerprint density at radius 2 is 2.22 bits per heavy atom. The number of rotatable bonds is 5. The lowest BCUT2D eigenvalue weighted by molar-refractivity contribution is -0.140. The molecule has 0 aliphatic carbocycles. The molecule has 96 valence electrons. The highest BCUT2D eigenvalue weighted by atomic mass is 35.5. The van der Waals surface area contributed by atoms with E-state index >= 15 is 0 Å². The maximum absolute atomic E-state index is 10.7. The Bertz CT molecular complexity index is 565. The molecule has 1 heterocycles. The SMILES string of the molecule is CC(CSCc1sc2ccccc2c1Cl)C(=O)O. The van der Waals surface area contributed by atoms with Crippen molar-refractivity contribution in [1.29, 1.82) is 0 Å². The minimum atomic E-state index is -0.745. The fraction of sp³-hybridized carbons (Fsp3) is 0.308. The molecule has 18 heavy (non-hydrogen) atoms. The van der Waals surface area contributed by atoms with E-state index in [9.17, 15) is 4.79 Å². The molecule has 5 heteroatoms. The number of thioether (sulfide) groups is 1. The van der Waals surface area contributed by atoms with Gasteiger partial charge in [-0.3, -0.25) is 4.79 Å². The van der Waals surface area contributed by atoms with Crippen molar-refractivity contribution >= 4 is 50.8 Å². The van der Waals surface area contributed by atoms with Crippen molar-refractivity contribution in [3.8, 4) is 0 Å². The van der Waals surface area contributed by atoms with Crippen molar-refractivity contribution in [1.82, 2.24) is 0 Å². The molecule has 0 fully saturated rings.